The van der Waals surface area contributed by atoms with Crippen molar-refractivity contribution in [2.45, 2.75) is 81.4 Å². The van der Waals surface area contributed by atoms with Gasteiger partial charge in [-0.3, -0.25) is 4.79 Å². The second-order valence-electron chi connectivity index (χ2n) is 9.76. The van der Waals surface area contributed by atoms with Gasteiger partial charge in [0.2, 0.25) is 26.0 Å². The molecule has 2 N–H and O–H groups in total. The van der Waals surface area contributed by atoms with Crippen LogP contribution in [0.15, 0.2) is 29.2 Å². The van der Waals surface area contributed by atoms with Crippen LogP contribution >= 0.6 is 0 Å². The zero-order valence-corrected chi connectivity index (χ0v) is 20.8. The van der Waals surface area contributed by atoms with Crippen LogP contribution in [-0.2, 0) is 24.8 Å². The van der Waals surface area contributed by atoms with Gasteiger partial charge in [0.1, 0.15) is 0 Å². The van der Waals surface area contributed by atoms with E-state index in [4.69, 9.17) is 0 Å². The van der Waals surface area contributed by atoms with E-state index < -0.39 is 24.8 Å². The molecule has 32 heavy (non-hydrogen) atoms. The predicted octanol–water partition coefficient (Wildman–Crippen LogP) is 3.08. The summed E-state index contributed by atoms with van der Waals surface area (Å²) in [5.74, 6) is -0.309. The molecular formula is C22H35N3O5S2. The van der Waals surface area contributed by atoms with Gasteiger partial charge in [0.15, 0.2) is 0 Å². The zero-order valence-electron chi connectivity index (χ0n) is 19.1. The Hall–Kier alpha value is -1.49. The maximum atomic E-state index is 12.7. The summed E-state index contributed by atoms with van der Waals surface area (Å²) in [6.07, 6.45) is 5.25. The number of nitrogens with zero attached hydrogens (tertiary/aromatic N) is 1. The summed E-state index contributed by atoms with van der Waals surface area (Å²) in [6.45, 7) is 6.09. The van der Waals surface area contributed by atoms with Crippen LogP contribution in [0, 0.1) is 5.92 Å². The van der Waals surface area contributed by atoms with Crippen LogP contribution in [0.1, 0.15) is 65.7 Å². The summed E-state index contributed by atoms with van der Waals surface area (Å²) >= 11 is 0. The Morgan fingerprint density at radius 2 is 1.47 bits per heavy atom. The molecule has 0 spiro atoms. The fourth-order valence-corrected chi connectivity index (χ4v) is 6.62. The summed E-state index contributed by atoms with van der Waals surface area (Å²) in [4.78, 5) is 12.9. The summed E-state index contributed by atoms with van der Waals surface area (Å²) in [5, 5.41) is 2.87. The number of carbonyl (C=O) groups excluding carboxylic acids is 1. The highest BCUT2D eigenvalue weighted by molar-refractivity contribution is 7.90. The van der Waals surface area contributed by atoms with Crippen molar-refractivity contribution in [1.29, 1.82) is 0 Å². The molecule has 3 rings (SSSR count). The predicted molar refractivity (Wildman–Crippen MR) is 125 cm³/mol. The first-order chi connectivity index (χ1) is 14.9. The van der Waals surface area contributed by atoms with E-state index >= 15 is 0 Å². The van der Waals surface area contributed by atoms with Crippen molar-refractivity contribution < 1.29 is 21.6 Å². The van der Waals surface area contributed by atoms with Gasteiger partial charge >= 0.3 is 0 Å². The van der Waals surface area contributed by atoms with Gasteiger partial charge in [0.05, 0.1) is 9.64 Å². The third-order valence-electron chi connectivity index (χ3n) is 6.30. The molecule has 0 atom stereocenters. The molecular weight excluding hydrogens is 450 g/mol. The number of hydrogen-bond donors (Lipinski definition) is 2. The number of piperidine rings is 1. The standard InChI is InChI=1S/C22H35N3O5S2/c1-22(2,3)32(29,30)24-19-9-7-17(8-10-19)21(26)23-18-11-13-20(14-12-18)31(27,28)25-15-5-4-6-16-25/h11-14,17,19,24H,4-10,15-16H2,1-3H3,(H,23,26)/t17-,19-. The lowest BCUT2D eigenvalue weighted by Crippen LogP contribution is -2.46. The maximum Gasteiger partial charge on any atom is 0.243 e. The van der Waals surface area contributed by atoms with Gasteiger partial charge in [0, 0.05) is 30.7 Å². The molecule has 0 unspecified atom stereocenters. The van der Waals surface area contributed by atoms with Crippen molar-refractivity contribution in [3.63, 3.8) is 0 Å². The van der Waals surface area contributed by atoms with E-state index in [1.54, 1.807) is 32.9 Å². The van der Waals surface area contributed by atoms with Crippen LogP contribution in [0.5, 0.6) is 0 Å². The van der Waals surface area contributed by atoms with Crippen LogP contribution < -0.4 is 10.0 Å². The largest absolute Gasteiger partial charge is 0.326 e. The Kier molecular flexibility index (Phi) is 7.69. The number of anilines is 1. The number of rotatable bonds is 6. The van der Waals surface area contributed by atoms with Crippen molar-refractivity contribution in [2.24, 2.45) is 5.92 Å². The molecule has 0 radical (unpaired) electrons. The van der Waals surface area contributed by atoms with Gasteiger partial charge in [0.25, 0.3) is 0 Å². The number of nitrogens with one attached hydrogen (secondary N) is 2. The van der Waals surface area contributed by atoms with Gasteiger partial charge < -0.3 is 5.32 Å². The zero-order chi connectivity index (χ0) is 23.6. The Labute approximate surface area is 192 Å². The topological polar surface area (TPSA) is 113 Å². The van der Waals surface area contributed by atoms with E-state index in [1.165, 1.54) is 16.4 Å². The molecule has 1 aromatic rings. The van der Waals surface area contributed by atoms with E-state index in [1.807, 2.05) is 0 Å². The number of sulfonamides is 2. The van der Waals surface area contributed by atoms with E-state index in [-0.39, 0.29) is 22.8 Å². The number of hydrogen-bond acceptors (Lipinski definition) is 5. The minimum Gasteiger partial charge on any atom is -0.326 e. The molecule has 1 aliphatic carbocycles. The van der Waals surface area contributed by atoms with Crippen molar-refractivity contribution in [3.05, 3.63) is 24.3 Å². The summed E-state index contributed by atoms with van der Waals surface area (Å²) < 4.78 is 53.6. The van der Waals surface area contributed by atoms with E-state index in [0.717, 1.165) is 19.3 Å². The minimum atomic E-state index is -3.49. The molecule has 1 aromatic carbocycles. The smallest absolute Gasteiger partial charge is 0.243 e. The molecule has 10 heteroatoms. The van der Waals surface area contributed by atoms with Crippen LogP contribution in [0.2, 0.25) is 0 Å². The number of amides is 1. The van der Waals surface area contributed by atoms with Crippen LogP contribution in [-0.4, -0.2) is 50.9 Å². The molecule has 0 aromatic heterocycles. The summed E-state index contributed by atoms with van der Waals surface area (Å²) in [5.41, 5.74) is 0.558. The van der Waals surface area contributed by atoms with Crippen molar-refractivity contribution in [2.75, 3.05) is 18.4 Å². The van der Waals surface area contributed by atoms with Gasteiger partial charge in [-0.25, -0.2) is 21.6 Å². The third-order valence-corrected chi connectivity index (χ3v) is 10.5. The van der Waals surface area contributed by atoms with Gasteiger partial charge in [-0.1, -0.05) is 6.42 Å². The molecule has 8 nitrogen and oxygen atoms in total. The van der Waals surface area contributed by atoms with Gasteiger partial charge in [-0.2, -0.15) is 4.31 Å². The molecule has 1 heterocycles. The molecule has 1 saturated heterocycles. The Balaban J connectivity index is 1.53. The highest BCUT2D eigenvalue weighted by Crippen LogP contribution is 2.28. The average molecular weight is 486 g/mol. The fraction of sp³-hybridized carbons (Fsp3) is 0.682. The van der Waals surface area contributed by atoms with Crippen molar-refractivity contribution in [3.8, 4) is 0 Å². The van der Waals surface area contributed by atoms with Crippen molar-refractivity contribution in [1.82, 2.24) is 9.03 Å². The number of benzene rings is 1. The van der Waals surface area contributed by atoms with Crippen LogP contribution in [0.4, 0.5) is 5.69 Å². The van der Waals surface area contributed by atoms with Crippen LogP contribution in [0.25, 0.3) is 0 Å². The molecule has 0 bridgehead atoms. The highest BCUT2D eigenvalue weighted by atomic mass is 32.2. The second-order valence-corrected chi connectivity index (χ2v) is 14.2. The third kappa shape index (κ3) is 5.89. The van der Waals surface area contributed by atoms with Gasteiger partial charge in [-0.05, 0) is 83.6 Å². The quantitative estimate of drug-likeness (QED) is 0.643. The Bertz CT molecular complexity index is 1000. The van der Waals surface area contributed by atoms with E-state index in [9.17, 15) is 21.6 Å². The van der Waals surface area contributed by atoms with E-state index in [0.29, 0.717) is 44.5 Å². The minimum absolute atomic E-state index is 0.117. The summed E-state index contributed by atoms with van der Waals surface area (Å²) in [7, 11) is -6.91. The molecule has 1 saturated carbocycles. The monoisotopic (exact) mass is 485 g/mol. The normalized spacial score (nSPS) is 23.6. The Morgan fingerprint density at radius 3 is 2.00 bits per heavy atom. The highest BCUT2D eigenvalue weighted by Gasteiger charge is 2.34. The van der Waals surface area contributed by atoms with E-state index in [2.05, 4.69) is 10.0 Å². The molecule has 1 amide bonds. The number of carbonyl (C=O) groups is 1. The first-order valence-electron chi connectivity index (χ1n) is 11.3. The van der Waals surface area contributed by atoms with Crippen molar-refractivity contribution >= 4 is 31.6 Å². The first kappa shape index (κ1) is 25.1. The molecule has 2 fully saturated rings. The SMILES string of the molecule is CC(C)(C)S(=O)(=O)N[C@H]1CC[C@H](C(=O)Nc2ccc(S(=O)(=O)N3CCCCC3)cc2)CC1. The molecule has 180 valence electrons. The fourth-order valence-electron chi connectivity index (χ4n) is 4.08. The maximum absolute atomic E-state index is 12.7. The Morgan fingerprint density at radius 1 is 0.906 bits per heavy atom. The van der Waals surface area contributed by atoms with Gasteiger partial charge in [-0.15, -0.1) is 0 Å². The lowest BCUT2D eigenvalue weighted by Gasteiger charge is -2.30. The lowest BCUT2D eigenvalue weighted by molar-refractivity contribution is -0.120. The second kappa shape index (κ2) is 9.79. The summed E-state index contributed by atoms with van der Waals surface area (Å²) in [6, 6.07) is 6.17. The first-order valence-corrected chi connectivity index (χ1v) is 14.3. The molecule has 1 aliphatic heterocycles. The molecule has 2 aliphatic rings. The average Bonchev–Trinajstić information content (AvgIpc) is 2.74. The van der Waals surface area contributed by atoms with Crippen LogP contribution in [0.3, 0.4) is 0 Å². The lowest BCUT2D eigenvalue weighted by atomic mass is 9.86.